The number of fused-ring (bicyclic) bond motifs is 1. The zero-order valence-corrected chi connectivity index (χ0v) is 22.7. The number of carbonyl (C=O) groups is 2. The third-order valence-electron chi connectivity index (χ3n) is 6.78. The molecule has 0 aliphatic rings. The van der Waals surface area contributed by atoms with Crippen molar-refractivity contribution in [3.63, 3.8) is 0 Å². The summed E-state index contributed by atoms with van der Waals surface area (Å²) in [4.78, 5) is 44.6. The van der Waals surface area contributed by atoms with Gasteiger partial charge in [0.25, 0.3) is 5.91 Å². The van der Waals surface area contributed by atoms with Crippen molar-refractivity contribution >= 4 is 34.2 Å². The highest BCUT2D eigenvalue weighted by atomic mass is 16.4. The summed E-state index contributed by atoms with van der Waals surface area (Å²) in [6.07, 6.45) is 1.74. The van der Waals surface area contributed by atoms with E-state index in [9.17, 15) is 14.4 Å². The first-order chi connectivity index (χ1) is 19.0. The number of para-hydroxylation sites is 1. The monoisotopic (exact) mass is 525 g/mol. The first-order valence-electron chi connectivity index (χ1n) is 13.5. The lowest BCUT2D eigenvalue weighted by molar-refractivity contribution is -0.122. The molecule has 0 aliphatic heterocycles. The van der Waals surface area contributed by atoms with E-state index in [4.69, 9.17) is 4.42 Å². The predicted molar refractivity (Wildman–Crippen MR) is 156 cm³/mol. The fraction of sp³-hybridized carbons (Fsp3) is 0.281. The van der Waals surface area contributed by atoms with Crippen molar-refractivity contribution in [1.82, 2.24) is 5.32 Å². The van der Waals surface area contributed by atoms with Crippen molar-refractivity contribution in [2.45, 2.75) is 39.7 Å². The van der Waals surface area contributed by atoms with Crippen molar-refractivity contribution in [1.29, 1.82) is 0 Å². The number of hydrogen-bond acceptors (Lipinski definition) is 5. The molecule has 0 radical (unpaired) electrons. The van der Waals surface area contributed by atoms with Gasteiger partial charge in [-0.3, -0.25) is 14.5 Å². The molecule has 1 aromatic heterocycles. The van der Waals surface area contributed by atoms with Gasteiger partial charge in [-0.15, -0.1) is 0 Å². The first kappa shape index (κ1) is 27.6. The Labute approximate surface area is 229 Å². The van der Waals surface area contributed by atoms with E-state index in [1.807, 2.05) is 61.5 Å². The minimum absolute atomic E-state index is 0.135. The van der Waals surface area contributed by atoms with Crippen LogP contribution < -0.4 is 20.7 Å². The van der Waals surface area contributed by atoms with Crippen molar-refractivity contribution in [2.75, 3.05) is 29.4 Å². The molecule has 202 valence electrons. The Balaban J connectivity index is 1.83. The summed E-state index contributed by atoms with van der Waals surface area (Å²) in [6.45, 7) is 8.29. The molecule has 0 bridgehead atoms. The topological polar surface area (TPSA) is 82.9 Å². The van der Waals surface area contributed by atoms with E-state index in [0.29, 0.717) is 28.8 Å². The average Bonchev–Trinajstić information content (AvgIpc) is 2.96. The molecule has 1 heterocycles. The lowest BCUT2D eigenvalue weighted by atomic mass is 10.0. The quantitative estimate of drug-likeness (QED) is 0.193. The fourth-order valence-corrected chi connectivity index (χ4v) is 4.67. The van der Waals surface area contributed by atoms with E-state index in [2.05, 4.69) is 24.1 Å². The zero-order chi connectivity index (χ0) is 27.8. The van der Waals surface area contributed by atoms with Gasteiger partial charge < -0.3 is 14.6 Å². The summed E-state index contributed by atoms with van der Waals surface area (Å²) in [5, 5.41) is 3.60. The molecule has 3 aromatic carbocycles. The molecule has 0 saturated carbocycles. The SMILES string of the molecule is CCCCNC(=O)C(c1ccccc1)N(C(=O)c1cc2ccc(N(CC)CC)cc2oc1=O)c1ccccc1. The smallest absolute Gasteiger partial charge is 0.349 e. The second-order valence-corrected chi connectivity index (χ2v) is 9.31. The molecule has 0 aliphatic carbocycles. The molecule has 0 fully saturated rings. The summed E-state index contributed by atoms with van der Waals surface area (Å²) < 4.78 is 5.67. The molecule has 7 nitrogen and oxygen atoms in total. The molecule has 7 heteroatoms. The number of amides is 2. The van der Waals surface area contributed by atoms with E-state index < -0.39 is 17.6 Å². The second kappa shape index (κ2) is 12.9. The Kier molecular flexibility index (Phi) is 9.15. The predicted octanol–water partition coefficient (Wildman–Crippen LogP) is 5.94. The molecule has 0 saturated heterocycles. The number of anilines is 2. The Bertz CT molecular complexity index is 1460. The van der Waals surface area contributed by atoms with Crippen LogP contribution in [0.15, 0.2) is 94.1 Å². The van der Waals surface area contributed by atoms with E-state index >= 15 is 0 Å². The third-order valence-corrected chi connectivity index (χ3v) is 6.78. The van der Waals surface area contributed by atoms with Gasteiger partial charge in [0.1, 0.15) is 17.2 Å². The van der Waals surface area contributed by atoms with Gasteiger partial charge in [0, 0.05) is 42.5 Å². The Hall–Kier alpha value is -4.39. The molecular formula is C32H35N3O4. The summed E-state index contributed by atoms with van der Waals surface area (Å²) >= 11 is 0. The first-order valence-corrected chi connectivity index (χ1v) is 13.5. The number of nitrogens with zero attached hydrogens (tertiary/aromatic N) is 2. The molecule has 1 N–H and O–H groups in total. The lowest BCUT2D eigenvalue weighted by Crippen LogP contribution is -2.45. The standard InChI is InChI=1S/C32H35N3O4/c1-4-7-20-33-30(36)29(23-14-10-8-11-15-23)35(25-16-12-9-13-17-25)31(37)27-21-24-18-19-26(34(5-2)6-3)22-28(24)39-32(27)38/h8-19,21-22,29H,4-7,20H2,1-3H3,(H,33,36). The molecule has 4 rings (SSSR count). The largest absolute Gasteiger partial charge is 0.422 e. The van der Waals surface area contributed by atoms with Crippen LogP contribution in [-0.4, -0.2) is 31.4 Å². The molecule has 1 atom stereocenters. The summed E-state index contributed by atoms with van der Waals surface area (Å²) in [5.74, 6) is -0.926. The van der Waals surface area contributed by atoms with E-state index in [1.165, 1.54) is 4.90 Å². The highest BCUT2D eigenvalue weighted by Crippen LogP contribution is 2.30. The number of unbranched alkanes of at least 4 members (excludes halogenated alkanes) is 1. The van der Waals surface area contributed by atoms with Gasteiger partial charge in [0.05, 0.1) is 0 Å². The number of benzene rings is 3. The number of rotatable bonds is 11. The number of nitrogens with one attached hydrogen (secondary N) is 1. The van der Waals surface area contributed by atoms with Crippen LogP contribution >= 0.6 is 0 Å². The molecule has 2 amide bonds. The van der Waals surface area contributed by atoms with Gasteiger partial charge in [-0.1, -0.05) is 61.9 Å². The number of hydrogen-bond donors (Lipinski definition) is 1. The van der Waals surface area contributed by atoms with Gasteiger partial charge in [-0.25, -0.2) is 4.79 Å². The minimum atomic E-state index is -0.988. The Morgan fingerprint density at radius 2 is 1.51 bits per heavy atom. The number of carbonyl (C=O) groups excluding carboxylic acids is 2. The van der Waals surface area contributed by atoms with Crippen molar-refractivity contribution in [3.8, 4) is 0 Å². The van der Waals surface area contributed by atoms with Gasteiger partial charge >= 0.3 is 5.63 Å². The van der Waals surface area contributed by atoms with E-state index in [-0.39, 0.29) is 11.5 Å². The summed E-state index contributed by atoms with van der Waals surface area (Å²) in [7, 11) is 0. The Morgan fingerprint density at radius 3 is 2.15 bits per heavy atom. The van der Waals surface area contributed by atoms with Crippen molar-refractivity contribution in [2.24, 2.45) is 0 Å². The fourth-order valence-electron chi connectivity index (χ4n) is 4.67. The third kappa shape index (κ3) is 6.20. The van der Waals surface area contributed by atoms with Gasteiger partial charge in [0.2, 0.25) is 5.91 Å². The van der Waals surface area contributed by atoms with Crippen LogP contribution in [0.3, 0.4) is 0 Å². The molecule has 0 spiro atoms. The normalized spacial score (nSPS) is 11.7. The van der Waals surface area contributed by atoms with Crippen LogP contribution in [0.5, 0.6) is 0 Å². The van der Waals surface area contributed by atoms with Gasteiger partial charge in [-0.2, -0.15) is 0 Å². The molecule has 39 heavy (non-hydrogen) atoms. The maximum Gasteiger partial charge on any atom is 0.349 e. The van der Waals surface area contributed by atoms with E-state index in [1.54, 1.807) is 30.3 Å². The summed E-state index contributed by atoms with van der Waals surface area (Å²) in [6, 6.07) is 24.3. The van der Waals surface area contributed by atoms with Crippen LogP contribution in [-0.2, 0) is 4.79 Å². The highest BCUT2D eigenvalue weighted by molar-refractivity contribution is 6.10. The van der Waals surface area contributed by atoms with Crippen molar-refractivity contribution in [3.05, 3.63) is 106 Å². The average molecular weight is 526 g/mol. The second-order valence-electron chi connectivity index (χ2n) is 9.31. The minimum Gasteiger partial charge on any atom is -0.422 e. The zero-order valence-electron chi connectivity index (χ0n) is 22.7. The maximum absolute atomic E-state index is 14.2. The Morgan fingerprint density at radius 1 is 0.846 bits per heavy atom. The lowest BCUT2D eigenvalue weighted by Gasteiger charge is -2.31. The van der Waals surface area contributed by atoms with E-state index in [0.717, 1.165) is 31.6 Å². The molecular weight excluding hydrogens is 490 g/mol. The van der Waals surface area contributed by atoms with Gasteiger partial charge in [0.15, 0.2) is 0 Å². The van der Waals surface area contributed by atoms with Crippen LogP contribution in [0.1, 0.15) is 55.6 Å². The van der Waals surface area contributed by atoms with Crippen molar-refractivity contribution < 1.29 is 14.0 Å². The van der Waals surface area contributed by atoms with Crippen LogP contribution in [0.4, 0.5) is 11.4 Å². The molecule has 4 aromatic rings. The van der Waals surface area contributed by atoms with Crippen LogP contribution in [0, 0.1) is 0 Å². The summed E-state index contributed by atoms with van der Waals surface area (Å²) in [5.41, 5.74) is 1.60. The van der Waals surface area contributed by atoms with Gasteiger partial charge in [-0.05, 0) is 56.2 Å². The molecule has 1 unspecified atom stereocenters. The van der Waals surface area contributed by atoms with Crippen LogP contribution in [0.25, 0.3) is 11.0 Å². The van der Waals surface area contributed by atoms with Crippen LogP contribution in [0.2, 0.25) is 0 Å². The highest BCUT2D eigenvalue weighted by Gasteiger charge is 2.34. The maximum atomic E-state index is 14.2.